The number of rotatable bonds is 6. The second kappa shape index (κ2) is 6.78. The minimum Gasteiger partial charge on any atom is -0.497 e. The molecule has 0 aliphatic carbocycles. The molecule has 0 saturated carbocycles. The van der Waals surface area contributed by atoms with Crippen molar-refractivity contribution in [3.8, 4) is 17.2 Å². The maximum absolute atomic E-state index is 10.8. The van der Waals surface area contributed by atoms with E-state index in [2.05, 4.69) is 15.5 Å². The van der Waals surface area contributed by atoms with Crippen LogP contribution in [-0.4, -0.2) is 22.2 Å². The average Bonchev–Trinajstić information content (AvgIpc) is 3.09. The second-order valence-electron chi connectivity index (χ2n) is 4.92. The number of benzene rings is 2. The number of nitro benzene ring substituents is 1. The van der Waals surface area contributed by atoms with E-state index in [0.717, 1.165) is 11.3 Å². The lowest BCUT2D eigenvalue weighted by molar-refractivity contribution is -0.384. The number of anilines is 1. The summed E-state index contributed by atoms with van der Waals surface area (Å²) >= 11 is 0. The van der Waals surface area contributed by atoms with Gasteiger partial charge in [0.2, 0.25) is 5.89 Å². The van der Waals surface area contributed by atoms with Crippen molar-refractivity contribution in [3.63, 3.8) is 0 Å². The highest BCUT2D eigenvalue weighted by molar-refractivity contribution is 5.57. The smallest absolute Gasteiger partial charge is 0.316 e. The fourth-order valence-corrected chi connectivity index (χ4v) is 2.08. The summed E-state index contributed by atoms with van der Waals surface area (Å²) in [4.78, 5) is 10.3. The lowest BCUT2D eigenvalue weighted by Crippen LogP contribution is -1.99. The first-order valence-electron chi connectivity index (χ1n) is 7.11. The van der Waals surface area contributed by atoms with Crippen molar-refractivity contribution in [1.29, 1.82) is 0 Å². The number of nitro groups is 1. The van der Waals surface area contributed by atoms with Gasteiger partial charge in [-0.3, -0.25) is 10.1 Å². The van der Waals surface area contributed by atoms with Crippen LogP contribution < -0.4 is 10.1 Å². The molecule has 3 rings (SSSR count). The van der Waals surface area contributed by atoms with Gasteiger partial charge < -0.3 is 14.5 Å². The summed E-state index contributed by atoms with van der Waals surface area (Å²) in [6, 6.07) is 13.8. The van der Waals surface area contributed by atoms with E-state index >= 15 is 0 Å². The molecule has 8 heteroatoms. The molecule has 0 amide bonds. The molecule has 8 nitrogen and oxygen atoms in total. The first-order valence-corrected chi connectivity index (χ1v) is 7.11. The van der Waals surface area contributed by atoms with Crippen LogP contribution in [0.2, 0.25) is 0 Å². The molecular formula is C16H14N4O4. The highest BCUT2D eigenvalue weighted by Crippen LogP contribution is 2.24. The first-order chi connectivity index (χ1) is 11.7. The summed E-state index contributed by atoms with van der Waals surface area (Å²) < 4.78 is 10.6. The summed E-state index contributed by atoms with van der Waals surface area (Å²) in [7, 11) is 1.61. The largest absolute Gasteiger partial charge is 0.497 e. The molecular weight excluding hydrogens is 312 g/mol. The number of nitrogens with one attached hydrogen (secondary N) is 1. The highest BCUT2D eigenvalue weighted by Gasteiger charge is 2.12. The monoisotopic (exact) mass is 326 g/mol. The molecule has 24 heavy (non-hydrogen) atoms. The van der Waals surface area contributed by atoms with Crippen LogP contribution in [0.3, 0.4) is 0 Å². The molecule has 0 bridgehead atoms. The van der Waals surface area contributed by atoms with E-state index in [1.54, 1.807) is 19.2 Å². The van der Waals surface area contributed by atoms with Crippen LogP contribution in [0.1, 0.15) is 5.56 Å². The molecule has 122 valence electrons. The third kappa shape index (κ3) is 3.49. The van der Waals surface area contributed by atoms with E-state index in [-0.39, 0.29) is 17.6 Å². The summed E-state index contributed by atoms with van der Waals surface area (Å²) in [5.41, 5.74) is 1.48. The number of non-ortho nitro benzene ring substituents is 1. The number of nitrogens with zero attached hydrogens (tertiary/aromatic N) is 3. The average molecular weight is 326 g/mol. The zero-order chi connectivity index (χ0) is 16.9. The van der Waals surface area contributed by atoms with Gasteiger partial charge >= 0.3 is 6.01 Å². The van der Waals surface area contributed by atoms with Crippen molar-refractivity contribution < 1.29 is 14.1 Å². The minimum atomic E-state index is -0.470. The molecule has 1 heterocycles. The van der Waals surface area contributed by atoms with Crippen LogP contribution in [0.5, 0.6) is 5.75 Å². The van der Waals surface area contributed by atoms with Crippen molar-refractivity contribution >= 4 is 11.7 Å². The number of methoxy groups -OCH3 is 1. The van der Waals surface area contributed by atoms with Crippen LogP contribution >= 0.6 is 0 Å². The minimum absolute atomic E-state index is 0.0292. The fraction of sp³-hybridized carbons (Fsp3) is 0.125. The van der Waals surface area contributed by atoms with E-state index in [1.165, 1.54) is 12.1 Å². The van der Waals surface area contributed by atoms with Crippen molar-refractivity contribution in [2.75, 3.05) is 12.4 Å². The van der Waals surface area contributed by atoms with Gasteiger partial charge in [0.25, 0.3) is 5.69 Å². The Hall–Kier alpha value is -3.42. The van der Waals surface area contributed by atoms with Crippen LogP contribution in [0.15, 0.2) is 52.9 Å². The van der Waals surface area contributed by atoms with Crippen LogP contribution in [0.4, 0.5) is 11.7 Å². The SMILES string of the molecule is COc1ccc(CNc2nnc(-c3cccc([N+](=O)[O-])c3)o2)cc1. The van der Waals surface area contributed by atoms with Crippen LogP contribution in [0, 0.1) is 10.1 Å². The molecule has 0 spiro atoms. The van der Waals surface area contributed by atoms with Crippen LogP contribution in [-0.2, 0) is 6.54 Å². The molecule has 0 saturated heterocycles. The molecule has 1 N–H and O–H groups in total. The van der Waals surface area contributed by atoms with Crippen molar-refractivity contribution in [1.82, 2.24) is 10.2 Å². The van der Waals surface area contributed by atoms with Crippen molar-refractivity contribution in [2.45, 2.75) is 6.54 Å². The van der Waals surface area contributed by atoms with Gasteiger partial charge in [-0.15, -0.1) is 5.10 Å². The zero-order valence-corrected chi connectivity index (χ0v) is 12.8. The summed E-state index contributed by atoms with van der Waals surface area (Å²) in [5, 5.41) is 21.6. The first kappa shape index (κ1) is 15.5. The summed E-state index contributed by atoms with van der Waals surface area (Å²) in [6.07, 6.45) is 0. The number of hydrogen-bond donors (Lipinski definition) is 1. The molecule has 0 aliphatic rings. The van der Waals surface area contributed by atoms with E-state index in [9.17, 15) is 10.1 Å². The van der Waals surface area contributed by atoms with E-state index < -0.39 is 4.92 Å². The quantitative estimate of drug-likeness (QED) is 0.547. The number of aromatic nitrogens is 2. The zero-order valence-electron chi connectivity index (χ0n) is 12.8. The van der Waals surface area contributed by atoms with Gasteiger partial charge in [-0.25, -0.2) is 0 Å². The standard InChI is InChI=1S/C16H14N4O4/c1-23-14-7-5-11(6-8-14)10-17-16-19-18-15(24-16)12-3-2-4-13(9-12)20(21)22/h2-9H,10H2,1H3,(H,17,19). The predicted octanol–water partition coefficient (Wildman–Crippen LogP) is 3.27. The Kier molecular flexibility index (Phi) is 4.37. The van der Waals surface area contributed by atoms with E-state index in [0.29, 0.717) is 12.1 Å². The third-order valence-corrected chi connectivity index (χ3v) is 3.33. The van der Waals surface area contributed by atoms with Gasteiger partial charge in [-0.1, -0.05) is 23.3 Å². The molecule has 0 atom stereocenters. The van der Waals surface area contributed by atoms with Gasteiger partial charge in [-0.2, -0.15) is 0 Å². The maximum atomic E-state index is 10.8. The van der Waals surface area contributed by atoms with Gasteiger partial charge in [0.05, 0.1) is 12.0 Å². The Morgan fingerprint density at radius 1 is 1.21 bits per heavy atom. The molecule has 3 aromatic rings. The third-order valence-electron chi connectivity index (χ3n) is 3.33. The molecule has 0 unspecified atom stereocenters. The molecule has 2 aromatic carbocycles. The lowest BCUT2D eigenvalue weighted by Gasteiger charge is -2.03. The van der Waals surface area contributed by atoms with E-state index in [1.807, 2.05) is 24.3 Å². The topological polar surface area (TPSA) is 103 Å². The Balaban J connectivity index is 1.69. The van der Waals surface area contributed by atoms with Crippen molar-refractivity contribution in [2.24, 2.45) is 0 Å². The lowest BCUT2D eigenvalue weighted by atomic mass is 10.2. The second-order valence-corrected chi connectivity index (χ2v) is 4.92. The Morgan fingerprint density at radius 2 is 2.00 bits per heavy atom. The molecule has 1 aromatic heterocycles. The maximum Gasteiger partial charge on any atom is 0.316 e. The summed E-state index contributed by atoms with van der Waals surface area (Å²) in [5.74, 6) is 1.00. The fourth-order valence-electron chi connectivity index (χ4n) is 2.08. The van der Waals surface area contributed by atoms with E-state index in [4.69, 9.17) is 9.15 Å². The predicted molar refractivity (Wildman–Crippen MR) is 86.7 cm³/mol. The number of hydrogen-bond acceptors (Lipinski definition) is 7. The van der Waals surface area contributed by atoms with Gasteiger partial charge in [0.1, 0.15) is 5.75 Å². The normalized spacial score (nSPS) is 10.4. The van der Waals surface area contributed by atoms with Gasteiger partial charge in [0.15, 0.2) is 0 Å². The van der Waals surface area contributed by atoms with Gasteiger partial charge in [0, 0.05) is 24.2 Å². The van der Waals surface area contributed by atoms with Crippen LogP contribution in [0.25, 0.3) is 11.5 Å². The van der Waals surface area contributed by atoms with Gasteiger partial charge in [-0.05, 0) is 23.8 Å². The summed E-state index contributed by atoms with van der Waals surface area (Å²) in [6.45, 7) is 0.501. The highest BCUT2D eigenvalue weighted by atomic mass is 16.6. The Bertz CT molecular complexity index is 845. The Labute approximate surface area is 137 Å². The molecule has 0 aliphatic heterocycles. The molecule has 0 radical (unpaired) electrons. The molecule has 0 fully saturated rings. The Morgan fingerprint density at radius 3 is 2.71 bits per heavy atom. The van der Waals surface area contributed by atoms with Crippen molar-refractivity contribution in [3.05, 3.63) is 64.2 Å². The number of ether oxygens (including phenoxy) is 1.